The molecule has 3 nitrogen and oxygen atoms in total. The van der Waals surface area contributed by atoms with Gasteiger partial charge < -0.3 is 10.8 Å². The van der Waals surface area contributed by atoms with Crippen molar-refractivity contribution >= 4 is 29.2 Å². The van der Waals surface area contributed by atoms with Gasteiger partial charge in [0.25, 0.3) is 0 Å². The first-order valence-electron chi connectivity index (χ1n) is 4.41. The molecular weight excluding hydrogens is 237 g/mol. The molecule has 0 saturated heterocycles. The van der Waals surface area contributed by atoms with E-state index in [0.29, 0.717) is 15.6 Å². The third-order valence-electron chi connectivity index (χ3n) is 2.10. The van der Waals surface area contributed by atoms with Crippen LogP contribution in [-0.2, 0) is 4.79 Å². The summed E-state index contributed by atoms with van der Waals surface area (Å²) >= 11 is 11.8. The molecule has 0 bridgehead atoms. The highest BCUT2D eigenvalue weighted by molar-refractivity contribution is 6.33. The van der Waals surface area contributed by atoms with Crippen LogP contribution >= 0.6 is 23.2 Å². The van der Waals surface area contributed by atoms with Gasteiger partial charge in [-0.25, -0.2) is 0 Å². The van der Waals surface area contributed by atoms with Gasteiger partial charge in [0.05, 0.1) is 6.42 Å². The first kappa shape index (κ1) is 12.3. The standard InChI is InChI=1S/C10H11Cl2NO2/c11-7-1-2-9(12)8(4-7)6(5-13)3-10(14)15/h1-2,4,6H,3,5,13H2,(H,14,15)/t6-/m1/s1. The maximum absolute atomic E-state index is 10.6. The lowest BCUT2D eigenvalue weighted by atomic mass is 9.96. The molecule has 82 valence electrons. The lowest BCUT2D eigenvalue weighted by Gasteiger charge is -2.14. The molecule has 5 heteroatoms. The fourth-order valence-corrected chi connectivity index (χ4v) is 1.81. The molecule has 1 rings (SSSR count). The summed E-state index contributed by atoms with van der Waals surface area (Å²) in [5, 5.41) is 9.73. The first-order chi connectivity index (χ1) is 7.04. The molecule has 1 aromatic carbocycles. The van der Waals surface area contributed by atoms with Crippen molar-refractivity contribution in [2.75, 3.05) is 6.54 Å². The van der Waals surface area contributed by atoms with Crippen LogP contribution in [0.4, 0.5) is 0 Å². The van der Waals surface area contributed by atoms with Gasteiger partial charge in [-0.2, -0.15) is 0 Å². The lowest BCUT2D eigenvalue weighted by Crippen LogP contribution is -2.16. The minimum Gasteiger partial charge on any atom is -0.481 e. The monoisotopic (exact) mass is 247 g/mol. The Labute approximate surface area is 97.8 Å². The number of carboxylic acids is 1. The van der Waals surface area contributed by atoms with E-state index in [1.807, 2.05) is 0 Å². The highest BCUT2D eigenvalue weighted by Gasteiger charge is 2.17. The second-order valence-corrected chi connectivity index (χ2v) is 4.04. The number of nitrogens with two attached hydrogens (primary N) is 1. The molecule has 1 atom stereocenters. The Morgan fingerprint density at radius 3 is 2.67 bits per heavy atom. The first-order valence-corrected chi connectivity index (χ1v) is 5.17. The van der Waals surface area contributed by atoms with Gasteiger partial charge in [-0.3, -0.25) is 4.79 Å². The summed E-state index contributed by atoms with van der Waals surface area (Å²) in [7, 11) is 0. The molecule has 0 spiro atoms. The summed E-state index contributed by atoms with van der Waals surface area (Å²) in [5.41, 5.74) is 6.20. The van der Waals surface area contributed by atoms with E-state index < -0.39 is 5.97 Å². The van der Waals surface area contributed by atoms with Crippen LogP contribution in [0.2, 0.25) is 10.0 Å². The van der Waals surface area contributed by atoms with Gasteiger partial charge in [-0.15, -0.1) is 0 Å². The molecule has 0 aliphatic heterocycles. The van der Waals surface area contributed by atoms with E-state index in [1.54, 1.807) is 18.2 Å². The molecule has 0 aliphatic rings. The number of benzene rings is 1. The van der Waals surface area contributed by atoms with E-state index >= 15 is 0 Å². The molecule has 0 unspecified atom stereocenters. The number of carbonyl (C=O) groups is 1. The minimum absolute atomic E-state index is 0.0451. The van der Waals surface area contributed by atoms with Crippen LogP contribution in [0.5, 0.6) is 0 Å². The molecule has 0 aliphatic carbocycles. The number of hydrogen-bond acceptors (Lipinski definition) is 2. The van der Waals surface area contributed by atoms with E-state index in [4.69, 9.17) is 34.0 Å². The minimum atomic E-state index is -0.901. The number of halogens is 2. The van der Waals surface area contributed by atoms with Crippen LogP contribution in [-0.4, -0.2) is 17.6 Å². The van der Waals surface area contributed by atoms with Gasteiger partial charge in [0.1, 0.15) is 0 Å². The van der Waals surface area contributed by atoms with Crippen molar-refractivity contribution in [3.05, 3.63) is 33.8 Å². The average molecular weight is 248 g/mol. The molecule has 0 heterocycles. The average Bonchev–Trinajstić information content (AvgIpc) is 2.18. The summed E-state index contributed by atoms with van der Waals surface area (Å²) in [6.07, 6.45) is -0.0451. The summed E-state index contributed by atoms with van der Waals surface area (Å²) in [4.78, 5) is 10.6. The zero-order valence-electron chi connectivity index (χ0n) is 7.91. The van der Waals surface area contributed by atoms with Crippen LogP contribution in [0.1, 0.15) is 17.9 Å². The molecule has 0 aromatic heterocycles. The zero-order chi connectivity index (χ0) is 11.4. The van der Waals surface area contributed by atoms with Gasteiger partial charge in [0, 0.05) is 16.0 Å². The van der Waals surface area contributed by atoms with Crippen LogP contribution in [0.15, 0.2) is 18.2 Å². The number of rotatable bonds is 4. The third kappa shape index (κ3) is 3.38. The molecule has 0 saturated carbocycles. The Bertz CT molecular complexity index is 368. The summed E-state index contributed by atoms with van der Waals surface area (Å²) < 4.78 is 0. The Morgan fingerprint density at radius 2 is 2.13 bits per heavy atom. The van der Waals surface area contributed by atoms with Gasteiger partial charge in [-0.05, 0) is 30.3 Å². The van der Waals surface area contributed by atoms with Gasteiger partial charge >= 0.3 is 5.97 Å². The topological polar surface area (TPSA) is 63.3 Å². The lowest BCUT2D eigenvalue weighted by molar-refractivity contribution is -0.137. The maximum Gasteiger partial charge on any atom is 0.304 e. The molecule has 1 aromatic rings. The molecular formula is C10H11Cl2NO2. The van der Waals surface area contributed by atoms with Gasteiger partial charge in [0.2, 0.25) is 0 Å². The second-order valence-electron chi connectivity index (χ2n) is 3.20. The SMILES string of the molecule is NC[C@@H](CC(=O)O)c1cc(Cl)ccc1Cl. The van der Waals surface area contributed by atoms with Crippen molar-refractivity contribution in [3.63, 3.8) is 0 Å². The Hall–Kier alpha value is -0.770. The van der Waals surface area contributed by atoms with Crippen molar-refractivity contribution in [1.29, 1.82) is 0 Å². The Morgan fingerprint density at radius 1 is 1.47 bits per heavy atom. The predicted octanol–water partition coefficient (Wildman–Crippen LogP) is 2.51. The molecule has 0 radical (unpaired) electrons. The fraction of sp³-hybridized carbons (Fsp3) is 0.300. The molecule has 3 N–H and O–H groups in total. The molecule has 0 fully saturated rings. The van der Waals surface area contributed by atoms with Gasteiger partial charge in [0.15, 0.2) is 0 Å². The van der Waals surface area contributed by atoms with Crippen LogP contribution in [0.3, 0.4) is 0 Å². The predicted molar refractivity (Wildman–Crippen MR) is 60.5 cm³/mol. The molecule has 0 amide bonds. The van der Waals surface area contributed by atoms with Crippen molar-refractivity contribution in [2.24, 2.45) is 5.73 Å². The summed E-state index contributed by atoms with van der Waals surface area (Å²) in [5.74, 6) is -1.20. The quantitative estimate of drug-likeness (QED) is 0.860. The van der Waals surface area contributed by atoms with Crippen LogP contribution in [0.25, 0.3) is 0 Å². The largest absolute Gasteiger partial charge is 0.481 e. The van der Waals surface area contributed by atoms with E-state index in [1.165, 1.54) is 0 Å². The number of aliphatic carboxylic acids is 1. The highest BCUT2D eigenvalue weighted by atomic mass is 35.5. The normalized spacial score (nSPS) is 12.5. The van der Waals surface area contributed by atoms with Crippen LogP contribution in [0, 0.1) is 0 Å². The molecule has 15 heavy (non-hydrogen) atoms. The Balaban J connectivity index is 3.00. The van der Waals surface area contributed by atoms with Gasteiger partial charge in [-0.1, -0.05) is 23.2 Å². The summed E-state index contributed by atoms with van der Waals surface area (Å²) in [6.45, 7) is 0.229. The van der Waals surface area contributed by atoms with Crippen molar-refractivity contribution < 1.29 is 9.90 Å². The third-order valence-corrected chi connectivity index (χ3v) is 2.68. The van der Waals surface area contributed by atoms with E-state index in [2.05, 4.69) is 0 Å². The van der Waals surface area contributed by atoms with E-state index in [-0.39, 0.29) is 18.9 Å². The fourth-order valence-electron chi connectivity index (χ4n) is 1.36. The van der Waals surface area contributed by atoms with Crippen LogP contribution < -0.4 is 5.73 Å². The zero-order valence-corrected chi connectivity index (χ0v) is 9.42. The summed E-state index contributed by atoms with van der Waals surface area (Å²) in [6, 6.07) is 4.95. The van der Waals surface area contributed by atoms with E-state index in [9.17, 15) is 4.79 Å². The smallest absolute Gasteiger partial charge is 0.304 e. The number of hydrogen-bond donors (Lipinski definition) is 2. The van der Waals surface area contributed by atoms with Crippen molar-refractivity contribution in [3.8, 4) is 0 Å². The van der Waals surface area contributed by atoms with Crippen molar-refractivity contribution in [1.82, 2.24) is 0 Å². The number of carboxylic acid groups (broad SMARTS) is 1. The van der Waals surface area contributed by atoms with E-state index in [0.717, 1.165) is 0 Å². The van der Waals surface area contributed by atoms with Crippen molar-refractivity contribution in [2.45, 2.75) is 12.3 Å². The second kappa shape index (κ2) is 5.35. The Kier molecular flexibility index (Phi) is 4.39. The maximum atomic E-state index is 10.6. The highest BCUT2D eigenvalue weighted by Crippen LogP contribution is 2.29.